The zero-order valence-electron chi connectivity index (χ0n) is 17.8. The molecule has 0 radical (unpaired) electrons. The van der Waals surface area contributed by atoms with Gasteiger partial charge < -0.3 is 20.1 Å². The molecule has 2 aromatic carbocycles. The minimum atomic E-state index is -0.294. The van der Waals surface area contributed by atoms with Crippen LogP contribution in [0.5, 0.6) is 5.75 Å². The molecule has 9 nitrogen and oxygen atoms in total. The molecule has 2 heterocycles. The zero-order valence-corrected chi connectivity index (χ0v) is 18.6. The van der Waals surface area contributed by atoms with E-state index < -0.39 is 0 Å². The molecule has 2 aromatic heterocycles. The van der Waals surface area contributed by atoms with E-state index in [2.05, 4.69) is 20.7 Å². The lowest BCUT2D eigenvalue weighted by Crippen LogP contribution is -2.25. The van der Waals surface area contributed by atoms with Crippen LogP contribution in [0.4, 0.5) is 10.8 Å². The monoisotopic (exact) mass is 453 g/mol. The van der Waals surface area contributed by atoms with Crippen molar-refractivity contribution in [2.24, 2.45) is 0 Å². The molecule has 0 unspecified atom stereocenters. The summed E-state index contributed by atoms with van der Waals surface area (Å²) in [5.74, 6) is 0.447. The van der Waals surface area contributed by atoms with Crippen LogP contribution in [0, 0.1) is 0 Å². The van der Waals surface area contributed by atoms with Crippen molar-refractivity contribution in [2.75, 3.05) is 32.2 Å². The molecule has 0 bridgehead atoms. The fourth-order valence-electron chi connectivity index (χ4n) is 3.19. The van der Waals surface area contributed by atoms with E-state index in [0.717, 1.165) is 12.1 Å². The van der Waals surface area contributed by atoms with Gasteiger partial charge in [-0.25, -0.2) is 4.98 Å². The number of fused-ring (bicyclic) bond motifs is 2. The first-order valence-corrected chi connectivity index (χ1v) is 11.0. The maximum Gasteiger partial charge on any atom is 0.283 e. The molecule has 10 heteroatoms. The molecule has 0 aliphatic rings. The fraction of sp³-hybridized carbons (Fsp3) is 0.273. The van der Waals surface area contributed by atoms with Crippen molar-refractivity contribution in [3.8, 4) is 5.75 Å². The highest BCUT2D eigenvalue weighted by Crippen LogP contribution is 2.29. The van der Waals surface area contributed by atoms with E-state index in [0.29, 0.717) is 52.1 Å². The number of carbonyl (C=O) groups is 1. The number of methoxy groups -OCH3 is 1. The van der Waals surface area contributed by atoms with Gasteiger partial charge in [0.25, 0.3) is 11.5 Å². The van der Waals surface area contributed by atoms with Crippen LogP contribution >= 0.6 is 11.3 Å². The zero-order chi connectivity index (χ0) is 22.5. The smallest absolute Gasteiger partial charge is 0.283 e. The number of aromatic nitrogens is 3. The van der Waals surface area contributed by atoms with Crippen molar-refractivity contribution in [3.05, 3.63) is 58.4 Å². The summed E-state index contributed by atoms with van der Waals surface area (Å²) < 4.78 is 11.9. The summed E-state index contributed by atoms with van der Waals surface area (Å²) in [5, 5.41) is 11.3. The van der Waals surface area contributed by atoms with Crippen molar-refractivity contribution in [3.63, 3.8) is 0 Å². The van der Waals surface area contributed by atoms with E-state index in [1.165, 1.54) is 15.9 Å². The fourth-order valence-corrected chi connectivity index (χ4v) is 4.00. The molecule has 0 atom stereocenters. The van der Waals surface area contributed by atoms with Crippen molar-refractivity contribution in [1.82, 2.24) is 19.9 Å². The van der Waals surface area contributed by atoms with Gasteiger partial charge in [-0.2, -0.15) is 4.52 Å². The van der Waals surface area contributed by atoms with Crippen LogP contribution < -0.4 is 20.9 Å². The van der Waals surface area contributed by atoms with E-state index in [9.17, 15) is 9.59 Å². The van der Waals surface area contributed by atoms with E-state index in [4.69, 9.17) is 9.47 Å². The maximum absolute atomic E-state index is 12.9. The first kappa shape index (κ1) is 21.7. The molecule has 32 heavy (non-hydrogen) atoms. The lowest BCUT2D eigenvalue weighted by molar-refractivity contribution is 0.0944. The number of nitrogens with one attached hydrogen (secondary N) is 2. The molecule has 0 saturated heterocycles. The molecule has 0 fully saturated rings. The molecule has 0 spiro atoms. The quantitative estimate of drug-likeness (QED) is 0.375. The Morgan fingerprint density at radius 2 is 2.06 bits per heavy atom. The van der Waals surface area contributed by atoms with Crippen molar-refractivity contribution < 1.29 is 14.3 Å². The van der Waals surface area contributed by atoms with Gasteiger partial charge in [-0.3, -0.25) is 9.59 Å². The predicted octanol–water partition coefficient (Wildman–Crippen LogP) is 3.21. The van der Waals surface area contributed by atoms with Crippen LogP contribution in [0.2, 0.25) is 0 Å². The Morgan fingerprint density at radius 1 is 1.22 bits per heavy atom. The standard InChI is InChI=1S/C22H23N5O4S/c1-3-31-12-6-11-23-19(28)14-9-10-15-17(13-14)25-22-27(20(15)29)26-21(32-22)24-16-7-4-5-8-18(16)30-2/h4-5,7-10,13H,3,6,11-12H2,1-2H3,(H,23,28)(H,24,26). The highest BCUT2D eigenvalue weighted by molar-refractivity contribution is 7.20. The first-order chi connectivity index (χ1) is 15.6. The number of hydrogen-bond donors (Lipinski definition) is 2. The number of nitrogens with zero attached hydrogens (tertiary/aromatic N) is 3. The third-order valence-electron chi connectivity index (χ3n) is 4.76. The molecule has 166 valence electrons. The highest BCUT2D eigenvalue weighted by atomic mass is 32.1. The Kier molecular flexibility index (Phi) is 6.62. The lowest BCUT2D eigenvalue weighted by Gasteiger charge is -2.07. The van der Waals surface area contributed by atoms with Gasteiger partial charge in [-0.05, 0) is 43.7 Å². The summed E-state index contributed by atoms with van der Waals surface area (Å²) in [6.07, 6.45) is 0.732. The summed E-state index contributed by atoms with van der Waals surface area (Å²) in [7, 11) is 1.59. The summed E-state index contributed by atoms with van der Waals surface area (Å²) in [6, 6.07) is 12.3. The average molecular weight is 454 g/mol. The Labute approximate surface area is 188 Å². The Hall–Kier alpha value is -3.50. The SMILES string of the molecule is CCOCCCNC(=O)c1ccc2c(=O)n3nc(Nc4ccccc4OC)sc3nc2c1. The van der Waals surface area contributed by atoms with Gasteiger partial charge in [0, 0.05) is 25.3 Å². The van der Waals surface area contributed by atoms with E-state index in [1.807, 2.05) is 31.2 Å². The van der Waals surface area contributed by atoms with Crippen LogP contribution in [-0.4, -0.2) is 47.4 Å². The van der Waals surface area contributed by atoms with E-state index in [-0.39, 0.29) is 11.5 Å². The minimum absolute atomic E-state index is 0.215. The second kappa shape index (κ2) is 9.75. The summed E-state index contributed by atoms with van der Waals surface area (Å²) in [6.45, 7) is 3.70. The van der Waals surface area contributed by atoms with Crippen LogP contribution in [0.1, 0.15) is 23.7 Å². The largest absolute Gasteiger partial charge is 0.495 e. The number of benzene rings is 2. The van der Waals surface area contributed by atoms with Crippen molar-refractivity contribution in [2.45, 2.75) is 13.3 Å². The first-order valence-electron chi connectivity index (χ1n) is 10.2. The van der Waals surface area contributed by atoms with Gasteiger partial charge in [0.15, 0.2) is 0 Å². The molecule has 4 aromatic rings. The summed E-state index contributed by atoms with van der Waals surface area (Å²) >= 11 is 1.24. The van der Waals surface area contributed by atoms with Gasteiger partial charge in [-0.15, -0.1) is 5.10 Å². The van der Waals surface area contributed by atoms with Gasteiger partial charge >= 0.3 is 0 Å². The predicted molar refractivity (Wildman–Crippen MR) is 124 cm³/mol. The number of ether oxygens (including phenoxy) is 2. The van der Waals surface area contributed by atoms with Crippen molar-refractivity contribution >= 4 is 43.9 Å². The van der Waals surface area contributed by atoms with Crippen LogP contribution in [0.3, 0.4) is 0 Å². The number of hydrogen-bond acceptors (Lipinski definition) is 8. The minimum Gasteiger partial charge on any atom is -0.495 e. The highest BCUT2D eigenvalue weighted by Gasteiger charge is 2.14. The van der Waals surface area contributed by atoms with E-state index >= 15 is 0 Å². The molecular weight excluding hydrogens is 430 g/mol. The Morgan fingerprint density at radius 3 is 2.88 bits per heavy atom. The summed E-state index contributed by atoms with van der Waals surface area (Å²) in [5.41, 5.74) is 1.33. The Bertz CT molecular complexity index is 1320. The molecule has 0 saturated carbocycles. The van der Waals surface area contributed by atoms with Crippen LogP contribution in [-0.2, 0) is 4.74 Å². The van der Waals surface area contributed by atoms with Gasteiger partial charge in [0.1, 0.15) is 5.75 Å². The molecule has 0 aliphatic heterocycles. The lowest BCUT2D eigenvalue weighted by atomic mass is 10.1. The normalized spacial score (nSPS) is 11.1. The average Bonchev–Trinajstić information content (AvgIpc) is 3.21. The van der Waals surface area contributed by atoms with Crippen molar-refractivity contribution in [1.29, 1.82) is 0 Å². The Balaban J connectivity index is 1.59. The topological polar surface area (TPSA) is 107 Å². The number of para-hydroxylation sites is 2. The number of carbonyl (C=O) groups excluding carboxylic acids is 1. The second-order valence-electron chi connectivity index (χ2n) is 6.88. The molecule has 2 N–H and O–H groups in total. The molecule has 4 rings (SSSR count). The van der Waals surface area contributed by atoms with Gasteiger partial charge in [0.2, 0.25) is 10.1 Å². The number of amides is 1. The molecule has 0 aliphatic carbocycles. The van der Waals surface area contributed by atoms with Gasteiger partial charge in [-0.1, -0.05) is 23.5 Å². The molecule has 1 amide bonds. The maximum atomic E-state index is 12.9. The van der Waals surface area contributed by atoms with Gasteiger partial charge in [0.05, 0.1) is 23.7 Å². The number of anilines is 2. The third-order valence-corrected chi connectivity index (χ3v) is 5.59. The third kappa shape index (κ3) is 4.56. The van der Waals surface area contributed by atoms with E-state index in [1.54, 1.807) is 25.3 Å². The summed E-state index contributed by atoms with van der Waals surface area (Å²) in [4.78, 5) is 30.4. The molecular formula is C22H23N5O4S. The van der Waals surface area contributed by atoms with Crippen LogP contribution in [0.25, 0.3) is 15.9 Å². The second-order valence-corrected chi connectivity index (χ2v) is 7.84. The van der Waals surface area contributed by atoms with Crippen LogP contribution in [0.15, 0.2) is 47.3 Å². The number of rotatable bonds is 9.